The van der Waals surface area contributed by atoms with E-state index in [0.717, 1.165) is 4.57 Å². The molecule has 0 radical (unpaired) electrons. The average Bonchev–Trinajstić information content (AvgIpc) is 2.83. The summed E-state index contributed by atoms with van der Waals surface area (Å²) in [6, 6.07) is 6.51. The molecule has 0 amide bonds. The number of aromatic nitrogens is 3. The van der Waals surface area contributed by atoms with Crippen LogP contribution >= 0.6 is 0 Å². The fraction of sp³-hybridized carbons (Fsp3) is 0.154. The van der Waals surface area contributed by atoms with Gasteiger partial charge in [-0.1, -0.05) is 6.07 Å². The van der Waals surface area contributed by atoms with Crippen LogP contribution in [0.25, 0.3) is 11.1 Å². The second kappa shape index (κ2) is 4.37. The van der Waals surface area contributed by atoms with Gasteiger partial charge in [-0.25, -0.2) is 9.78 Å². The Hall–Kier alpha value is -2.83. The van der Waals surface area contributed by atoms with Crippen molar-refractivity contribution in [2.75, 3.05) is 5.73 Å². The smallest absolute Gasteiger partial charge is 0.331 e. The van der Waals surface area contributed by atoms with Gasteiger partial charge in [0.2, 0.25) is 5.89 Å². The average molecular weight is 272 g/mol. The Balaban J connectivity index is 2.11. The van der Waals surface area contributed by atoms with Crippen LogP contribution in [0.1, 0.15) is 5.89 Å². The third-order valence-corrected chi connectivity index (χ3v) is 3.03. The first-order chi connectivity index (χ1) is 9.56. The minimum absolute atomic E-state index is 0.0273. The molecule has 0 saturated heterocycles. The minimum Gasteiger partial charge on any atom is -0.439 e. The number of aryl methyl sites for hydroxylation is 1. The van der Waals surface area contributed by atoms with Gasteiger partial charge in [0.25, 0.3) is 5.56 Å². The molecule has 20 heavy (non-hydrogen) atoms. The number of rotatable bonds is 2. The number of hydrogen-bond acceptors (Lipinski definition) is 5. The highest BCUT2D eigenvalue weighted by atomic mass is 16.3. The fourth-order valence-electron chi connectivity index (χ4n) is 1.98. The third-order valence-electron chi connectivity index (χ3n) is 3.03. The molecule has 0 bridgehead atoms. The number of hydrogen-bond donors (Lipinski definition) is 1. The van der Waals surface area contributed by atoms with Crippen molar-refractivity contribution in [2.45, 2.75) is 6.54 Å². The van der Waals surface area contributed by atoms with E-state index in [4.69, 9.17) is 10.2 Å². The van der Waals surface area contributed by atoms with E-state index in [1.807, 2.05) is 0 Å². The summed E-state index contributed by atoms with van der Waals surface area (Å²) in [4.78, 5) is 27.9. The Morgan fingerprint density at radius 1 is 1.30 bits per heavy atom. The van der Waals surface area contributed by atoms with Crippen LogP contribution in [0.3, 0.4) is 0 Å². The maximum absolute atomic E-state index is 11.9. The molecular weight excluding hydrogens is 260 g/mol. The highest BCUT2D eigenvalue weighted by molar-refractivity contribution is 5.85. The zero-order valence-electron chi connectivity index (χ0n) is 10.7. The molecule has 0 aliphatic carbocycles. The second-order valence-electron chi connectivity index (χ2n) is 4.44. The van der Waals surface area contributed by atoms with Crippen molar-refractivity contribution in [3.63, 3.8) is 0 Å². The molecule has 0 aliphatic rings. The molecule has 3 rings (SSSR count). The molecule has 0 unspecified atom stereocenters. The molecule has 0 saturated carbocycles. The molecule has 102 valence electrons. The summed E-state index contributed by atoms with van der Waals surface area (Å²) in [6.07, 6.45) is 1.42. The highest BCUT2D eigenvalue weighted by Crippen LogP contribution is 2.21. The van der Waals surface area contributed by atoms with Gasteiger partial charge in [0.05, 0.1) is 5.69 Å². The highest BCUT2D eigenvalue weighted by Gasteiger charge is 2.11. The van der Waals surface area contributed by atoms with Crippen LogP contribution in [-0.2, 0) is 13.6 Å². The van der Waals surface area contributed by atoms with Crippen molar-refractivity contribution in [3.8, 4) is 0 Å². The van der Waals surface area contributed by atoms with Crippen LogP contribution in [-0.4, -0.2) is 14.1 Å². The molecule has 0 fully saturated rings. The number of benzene rings is 1. The molecule has 7 nitrogen and oxygen atoms in total. The van der Waals surface area contributed by atoms with Crippen LogP contribution in [0.2, 0.25) is 0 Å². The van der Waals surface area contributed by atoms with Gasteiger partial charge in [0.1, 0.15) is 12.1 Å². The summed E-state index contributed by atoms with van der Waals surface area (Å²) >= 11 is 0. The van der Waals surface area contributed by atoms with Crippen LogP contribution in [0.5, 0.6) is 0 Å². The number of nitrogen functional groups attached to an aromatic ring is 1. The van der Waals surface area contributed by atoms with Gasteiger partial charge in [-0.2, -0.15) is 0 Å². The van der Waals surface area contributed by atoms with Crippen molar-refractivity contribution in [1.82, 2.24) is 14.1 Å². The van der Waals surface area contributed by atoms with Gasteiger partial charge < -0.3 is 14.7 Å². The van der Waals surface area contributed by atoms with Crippen molar-refractivity contribution < 1.29 is 4.42 Å². The largest absolute Gasteiger partial charge is 0.439 e. The zero-order chi connectivity index (χ0) is 14.3. The molecule has 7 heteroatoms. The summed E-state index contributed by atoms with van der Waals surface area (Å²) in [5.74, 6) is 0.267. The quantitative estimate of drug-likeness (QED) is 0.678. The van der Waals surface area contributed by atoms with Crippen LogP contribution in [0, 0.1) is 0 Å². The fourth-order valence-corrected chi connectivity index (χ4v) is 1.98. The first-order valence-corrected chi connectivity index (χ1v) is 5.96. The normalized spacial score (nSPS) is 11.1. The van der Waals surface area contributed by atoms with E-state index >= 15 is 0 Å². The second-order valence-corrected chi connectivity index (χ2v) is 4.44. The molecule has 0 atom stereocenters. The van der Waals surface area contributed by atoms with Crippen molar-refractivity contribution >= 4 is 16.8 Å². The minimum atomic E-state index is -0.423. The van der Waals surface area contributed by atoms with Gasteiger partial charge >= 0.3 is 5.69 Å². The van der Waals surface area contributed by atoms with Gasteiger partial charge in [-0.3, -0.25) is 9.36 Å². The summed E-state index contributed by atoms with van der Waals surface area (Å²) in [6.45, 7) is -0.0273. The number of para-hydroxylation sites is 1. The monoisotopic (exact) mass is 272 g/mol. The lowest BCUT2D eigenvalue weighted by Crippen LogP contribution is -2.38. The van der Waals surface area contributed by atoms with Gasteiger partial charge in [-0.05, 0) is 12.1 Å². The first-order valence-electron chi connectivity index (χ1n) is 5.96. The lowest BCUT2D eigenvalue weighted by atomic mass is 10.3. The molecule has 1 aromatic carbocycles. The van der Waals surface area contributed by atoms with Crippen LogP contribution in [0.15, 0.2) is 44.5 Å². The maximum Gasteiger partial charge on any atom is 0.331 e. The Kier molecular flexibility index (Phi) is 2.67. The van der Waals surface area contributed by atoms with E-state index in [-0.39, 0.29) is 12.4 Å². The van der Waals surface area contributed by atoms with Crippen LogP contribution in [0.4, 0.5) is 5.69 Å². The molecular formula is C13H12N4O3. The number of anilines is 1. The van der Waals surface area contributed by atoms with E-state index < -0.39 is 11.2 Å². The SMILES string of the molecule is Cn1ccc(=O)n(Cc2nc3c(N)cccc3o2)c1=O. The van der Waals surface area contributed by atoms with Gasteiger partial charge in [-0.15, -0.1) is 0 Å². The molecule has 2 heterocycles. The zero-order valence-corrected chi connectivity index (χ0v) is 10.7. The number of nitrogens with two attached hydrogens (primary N) is 1. The predicted octanol–water partition coefficient (Wildman–Crippen LogP) is 0.319. The molecule has 2 N–H and O–H groups in total. The van der Waals surface area contributed by atoms with Crippen molar-refractivity contribution in [2.24, 2.45) is 7.05 Å². The Morgan fingerprint density at radius 3 is 2.85 bits per heavy atom. The van der Waals surface area contributed by atoms with Crippen molar-refractivity contribution in [1.29, 1.82) is 0 Å². The first kappa shape index (κ1) is 12.2. The van der Waals surface area contributed by atoms with Crippen LogP contribution < -0.4 is 17.0 Å². The van der Waals surface area contributed by atoms with Gasteiger partial charge in [0.15, 0.2) is 5.58 Å². The Labute approximate surface area is 112 Å². The Bertz CT molecular complexity index is 904. The molecule has 2 aromatic heterocycles. The summed E-state index contributed by atoms with van der Waals surface area (Å²) in [5.41, 5.74) is 6.52. The summed E-state index contributed by atoms with van der Waals surface area (Å²) < 4.78 is 7.88. The maximum atomic E-state index is 11.9. The summed E-state index contributed by atoms with van der Waals surface area (Å²) in [5, 5.41) is 0. The van der Waals surface area contributed by atoms with E-state index in [9.17, 15) is 9.59 Å². The molecule has 0 aliphatic heterocycles. The predicted molar refractivity (Wildman–Crippen MR) is 73.5 cm³/mol. The van der Waals surface area contributed by atoms with E-state index in [2.05, 4.69) is 4.98 Å². The number of fused-ring (bicyclic) bond motifs is 1. The summed E-state index contributed by atoms with van der Waals surface area (Å²) in [7, 11) is 1.57. The standard InChI is InChI=1S/C13H12N4O3/c1-16-6-5-11(18)17(13(16)19)7-10-15-12-8(14)3-2-4-9(12)20-10/h2-6H,7,14H2,1H3. The van der Waals surface area contributed by atoms with E-state index in [0.29, 0.717) is 16.8 Å². The molecule has 0 spiro atoms. The van der Waals surface area contributed by atoms with Crippen molar-refractivity contribution in [3.05, 3.63) is 57.2 Å². The topological polar surface area (TPSA) is 96.1 Å². The molecule has 3 aromatic rings. The van der Waals surface area contributed by atoms with Gasteiger partial charge in [0, 0.05) is 19.3 Å². The third kappa shape index (κ3) is 1.89. The number of oxazole rings is 1. The van der Waals surface area contributed by atoms with E-state index in [1.54, 1.807) is 25.2 Å². The lowest BCUT2D eigenvalue weighted by molar-refractivity contribution is 0.489. The Morgan fingerprint density at radius 2 is 2.10 bits per heavy atom. The lowest BCUT2D eigenvalue weighted by Gasteiger charge is -2.03. The van der Waals surface area contributed by atoms with E-state index in [1.165, 1.54) is 16.8 Å². The number of nitrogens with zero attached hydrogens (tertiary/aromatic N) is 3.